The van der Waals surface area contributed by atoms with Gasteiger partial charge < -0.3 is 9.47 Å². The lowest BCUT2D eigenvalue weighted by atomic mass is 10.1. The molecule has 1 aliphatic heterocycles. The Morgan fingerprint density at radius 3 is 2.59 bits per heavy atom. The molecule has 1 aromatic heterocycles. The maximum atomic E-state index is 14.3. The second kappa shape index (κ2) is 11.1. The number of anilines is 1. The summed E-state index contributed by atoms with van der Waals surface area (Å²) < 4.78 is 39.7. The molecule has 0 bridgehead atoms. The van der Waals surface area contributed by atoms with Gasteiger partial charge in [-0.25, -0.2) is 13.8 Å². The molecule has 0 unspecified atom stereocenters. The van der Waals surface area contributed by atoms with Gasteiger partial charge in [0.1, 0.15) is 17.1 Å². The number of nitrogens with zero attached hydrogens (tertiary/aromatic N) is 3. The second-order valence-electron chi connectivity index (χ2n) is 8.21. The van der Waals surface area contributed by atoms with Gasteiger partial charge in [0.25, 0.3) is 5.91 Å². The minimum Gasteiger partial charge on any atom is -0.478 e. The number of rotatable bonds is 7. The van der Waals surface area contributed by atoms with Crippen LogP contribution in [0.3, 0.4) is 0 Å². The molecule has 11 heteroatoms. The smallest absolute Gasteiger partial charge is 0.272 e. The van der Waals surface area contributed by atoms with E-state index in [2.05, 4.69) is 9.88 Å². The van der Waals surface area contributed by atoms with Gasteiger partial charge in [0.15, 0.2) is 16.5 Å². The van der Waals surface area contributed by atoms with Crippen molar-refractivity contribution in [3.63, 3.8) is 0 Å². The fourth-order valence-electron chi connectivity index (χ4n) is 3.58. The second-order valence-corrected chi connectivity index (χ2v) is 9.65. The standard InChI is InChI=1S/C23H24ClF2N3O3S.ClH/c1-23(2,32-17-5-3-15(24)4-6-17)21(30)29(8-7-28-9-11-31-12-10-28)22-27-20-18(26)13-16(25)14-19(20)33-22;/h3-6,13-14H,7-12H2,1-2H3;1H. The number of thiazole rings is 1. The highest BCUT2D eigenvalue weighted by Gasteiger charge is 2.37. The Morgan fingerprint density at radius 2 is 1.91 bits per heavy atom. The van der Waals surface area contributed by atoms with Gasteiger partial charge in [0, 0.05) is 37.3 Å². The van der Waals surface area contributed by atoms with Crippen molar-refractivity contribution in [2.75, 3.05) is 44.3 Å². The maximum Gasteiger partial charge on any atom is 0.272 e. The third-order valence-corrected chi connectivity index (χ3v) is 6.60. The molecule has 1 amide bonds. The minimum atomic E-state index is -1.25. The number of ether oxygens (including phenoxy) is 2. The van der Waals surface area contributed by atoms with E-state index in [9.17, 15) is 13.6 Å². The molecule has 1 fully saturated rings. The van der Waals surface area contributed by atoms with Crippen LogP contribution in [0.4, 0.5) is 13.9 Å². The summed E-state index contributed by atoms with van der Waals surface area (Å²) in [5.74, 6) is -1.30. The van der Waals surface area contributed by atoms with Crippen molar-refractivity contribution in [2.45, 2.75) is 19.4 Å². The zero-order valence-corrected chi connectivity index (χ0v) is 21.1. The molecule has 6 nitrogen and oxygen atoms in total. The van der Waals surface area contributed by atoms with Crippen LogP contribution in [-0.4, -0.2) is 60.8 Å². The molecule has 0 aliphatic carbocycles. The Hall–Kier alpha value is -2.04. The van der Waals surface area contributed by atoms with Crippen LogP contribution >= 0.6 is 35.3 Å². The van der Waals surface area contributed by atoms with Crippen molar-refractivity contribution in [1.29, 1.82) is 0 Å². The average molecular weight is 532 g/mol. The lowest BCUT2D eigenvalue weighted by Gasteiger charge is -2.33. The fourth-order valence-corrected chi connectivity index (χ4v) is 4.73. The quantitative estimate of drug-likeness (QED) is 0.420. The van der Waals surface area contributed by atoms with Crippen LogP contribution in [0.25, 0.3) is 10.2 Å². The molecule has 0 saturated carbocycles. The molecule has 2 aromatic carbocycles. The maximum absolute atomic E-state index is 14.3. The summed E-state index contributed by atoms with van der Waals surface area (Å²) in [7, 11) is 0. The van der Waals surface area contributed by atoms with E-state index >= 15 is 0 Å². The van der Waals surface area contributed by atoms with Crippen molar-refractivity contribution in [2.24, 2.45) is 0 Å². The first-order valence-electron chi connectivity index (χ1n) is 10.6. The van der Waals surface area contributed by atoms with Gasteiger partial charge in [-0.2, -0.15) is 0 Å². The van der Waals surface area contributed by atoms with Gasteiger partial charge in [-0.1, -0.05) is 22.9 Å². The highest BCUT2D eigenvalue weighted by Crippen LogP contribution is 2.33. The van der Waals surface area contributed by atoms with Gasteiger partial charge in [-0.15, -0.1) is 12.4 Å². The van der Waals surface area contributed by atoms with Crippen LogP contribution in [0.15, 0.2) is 36.4 Å². The number of morpholine rings is 1. The monoisotopic (exact) mass is 531 g/mol. The van der Waals surface area contributed by atoms with Crippen molar-refractivity contribution in [3.8, 4) is 5.75 Å². The van der Waals surface area contributed by atoms with Crippen LogP contribution in [0.5, 0.6) is 5.75 Å². The number of benzene rings is 2. The van der Waals surface area contributed by atoms with Gasteiger partial charge in [0.2, 0.25) is 0 Å². The Kier molecular flexibility index (Phi) is 8.70. The zero-order valence-electron chi connectivity index (χ0n) is 18.7. The number of carbonyl (C=O) groups excluding carboxylic acids is 1. The van der Waals surface area contributed by atoms with E-state index in [-0.39, 0.29) is 23.8 Å². The predicted octanol–water partition coefficient (Wildman–Crippen LogP) is 5.17. The molecule has 1 aliphatic rings. The number of hydrogen-bond donors (Lipinski definition) is 0. The molecule has 3 aromatic rings. The summed E-state index contributed by atoms with van der Waals surface area (Å²) in [6, 6.07) is 8.74. The largest absolute Gasteiger partial charge is 0.478 e. The summed E-state index contributed by atoms with van der Waals surface area (Å²) >= 11 is 7.02. The van der Waals surface area contributed by atoms with Gasteiger partial charge in [0.05, 0.1) is 17.9 Å². The lowest BCUT2D eigenvalue weighted by molar-refractivity contribution is -0.131. The Balaban J connectivity index is 0.00000324. The minimum absolute atomic E-state index is 0. The first kappa shape index (κ1) is 26.6. The Bertz CT molecular complexity index is 1140. The van der Waals surface area contributed by atoms with E-state index in [0.29, 0.717) is 46.9 Å². The van der Waals surface area contributed by atoms with Crippen LogP contribution in [0.1, 0.15) is 13.8 Å². The van der Waals surface area contributed by atoms with Crippen molar-refractivity contribution in [1.82, 2.24) is 9.88 Å². The fraction of sp³-hybridized carbons (Fsp3) is 0.391. The molecule has 0 N–H and O–H groups in total. The van der Waals surface area contributed by atoms with E-state index in [0.717, 1.165) is 30.5 Å². The van der Waals surface area contributed by atoms with Crippen LogP contribution in [-0.2, 0) is 9.53 Å². The first-order chi connectivity index (χ1) is 15.7. The van der Waals surface area contributed by atoms with Gasteiger partial charge in [-0.05, 0) is 44.2 Å². The summed E-state index contributed by atoms with van der Waals surface area (Å²) in [6.07, 6.45) is 0. The normalized spacial score (nSPS) is 14.6. The van der Waals surface area contributed by atoms with Gasteiger partial charge >= 0.3 is 0 Å². The first-order valence-corrected chi connectivity index (χ1v) is 11.7. The molecule has 4 rings (SSSR count). The number of halogens is 4. The molecular weight excluding hydrogens is 507 g/mol. The molecule has 184 valence electrons. The van der Waals surface area contributed by atoms with Crippen LogP contribution in [0, 0.1) is 11.6 Å². The van der Waals surface area contributed by atoms with Crippen molar-refractivity contribution < 1.29 is 23.0 Å². The topological polar surface area (TPSA) is 54.9 Å². The SMILES string of the molecule is CC(C)(Oc1ccc(Cl)cc1)C(=O)N(CCN1CCOCC1)c1nc2c(F)cc(F)cc2s1.Cl. The third-order valence-electron chi connectivity index (χ3n) is 5.32. The Morgan fingerprint density at radius 1 is 1.24 bits per heavy atom. The highest BCUT2D eigenvalue weighted by molar-refractivity contribution is 7.22. The Labute approximate surface area is 211 Å². The molecular formula is C23H25Cl2F2N3O3S. The number of aromatic nitrogens is 1. The predicted molar refractivity (Wildman–Crippen MR) is 133 cm³/mol. The van der Waals surface area contributed by atoms with Gasteiger partial charge in [-0.3, -0.25) is 14.6 Å². The molecule has 0 spiro atoms. The molecule has 0 atom stereocenters. The van der Waals surface area contributed by atoms with Crippen molar-refractivity contribution in [3.05, 3.63) is 53.1 Å². The van der Waals surface area contributed by atoms with Crippen LogP contribution < -0.4 is 9.64 Å². The summed E-state index contributed by atoms with van der Waals surface area (Å²) in [5, 5.41) is 0.850. The lowest BCUT2D eigenvalue weighted by Crippen LogP contribution is -2.51. The molecule has 1 saturated heterocycles. The van der Waals surface area contributed by atoms with Crippen LogP contribution in [0.2, 0.25) is 5.02 Å². The molecule has 34 heavy (non-hydrogen) atoms. The van der Waals surface area contributed by atoms with Crippen molar-refractivity contribution >= 4 is 56.6 Å². The molecule has 2 heterocycles. The van der Waals surface area contributed by atoms with E-state index < -0.39 is 17.2 Å². The average Bonchev–Trinajstić information content (AvgIpc) is 3.20. The zero-order chi connectivity index (χ0) is 23.6. The number of hydrogen-bond acceptors (Lipinski definition) is 6. The number of amides is 1. The van der Waals surface area contributed by atoms with E-state index in [4.69, 9.17) is 21.1 Å². The van der Waals surface area contributed by atoms with E-state index in [1.807, 2.05) is 0 Å². The van der Waals surface area contributed by atoms with E-state index in [1.54, 1.807) is 38.1 Å². The molecule has 0 radical (unpaired) electrons. The summed E-state index contributed by atoms with van der Waals surface area (Å²) in [5.41, 5.74) is -1.21. The van der Waals surface area contributed by atoms with E-state index in [1.165, 1.54) is 11.0 Å². The highest BCUT2D eigenvalue weighted by atomic mass is 35.5. The third kappa shape index (κ3) is 6.14. The number of carbonyl (C=O) groups is 1. The summed E-state index contributed by atoms with van der Waals surface area (Å²) in [4.78, 5) is 21.7. The summed E-state index contributed by atoms with van der Waals surface area (Å²) in [6.45, 7) is 7.00. The number of fused-ring (bicyclic) bond motifs is 1.